The molecule has 138 valence electrons. The molecule has 8 heteroatoms. The molecular weight excluding hydrogens is 349 g/mol. The molecule has 0 atom stereocenters. The van der Waals surface area contributed by atoms with Gasteiger partial charge >= 0.3 is 6.03 Å². The molecular formula is C19H18FN5O2. The minimum atomic E-state index is -0.518. The average Bonchev–Trinajstić information content (AvgIpc) is 3.21. The second kappa shape index (κ2) is 8.13. The zero-order valence-corrected chi connectivity index (χ0v) is 14.6. The summed E-state index contributed by atoms with van der Waals surface area (Å²) in [6.45, 7) is 0.0589. The van der Waals surface area contributed by atoms with Gasteiger partial charge in [0.15, 0.2) is 11.6 Å². The van der Waals surface area contributed by atoms with Gasteiger partial charge in [-0.3, -0.25) is 15.4 Å². The van der Waals surface area contributed by atoms with Gasteiger partial charge in [-0.2, -0.15) is 5.10 Å². The van der Waals surface area contributed by atoms with E-state index in [2.05, 4.69) is 15.5 Å². The molecule has 3 rings (SSSR count). The van der Waals surface area contributed by atoms with Crippen molar-refractivity contribution in [3.05, 3.63) is 66.2 Å². The second-order valence-electron chi connectivity index (χ2n) is 5.72. The number of ether oxygens (including phenoxy) is 1. The van der Waals surface area contributed by atoms with Crippen LogP contribution in [0.5, 0.6) is 5.75 Å². The van der Waals surface area contributed by atoms with Crippen molar-refractivity contribution in [2.75, 3.05) is 12.4 Å². The summed E-state index contributed by atoms with van der Waals surface area (Å²) < 4.78 is 18.7. The third-order valence-electron chi connectivity index (χ3n) is 3.95. The van der Waals surface area contributed by atoms with Gasteiger partial charge in [0.1, 0.15) is 0 Å². The fraction of sp³-hybridized carbons (Fsp3) is 0.105. The van der Waals surface area contributed by atoms with Crippen molar-refractivity contribution >= 4 is 18.1 Å². The Morgan fingerprint density at radius 2 is 2.07 bits per heavy atom. The van der Waals surface area contributed by atoms with Crippen LogP contribution >= 0.6 is 0 Å². The fourth-order valence-electron chi connectivity index (χ4n) is 2.53. The Morgan fingerprint density at radius 1 is 1.30 bits per heavy atom. The van der Waals surface area contributed by atoms with E-state index in [4.69, 9.17) is 10.1 Å². The number of halogens is 1. The van der Waals surface area contributed by atoms with Gasteiger partial charge in [-0.25, -0.2) is 9.18 Å². The zero-order chi connectivity index (χ0) is 19.2. The Balaban J connectivity index is 1.66. The van der Waals surface area contributed by atoms with Gasteiger partial charge < -0.3 is 10.1 Å². The normalized spacial score (nSPS) is 10.3. The van der Waals surface area contributed by atoms with Gasteiger partial charge in [0, 0.05) is 17.4 Å². The van der Waals surface area contributed by atoms with Crippen molar-refractivity contribution in [3.63, 3.8) is 0 Å². The molecule has 0 bridgehead atoms. The molecule has 0 aliphatic heterocycles. The van der Waals surface area contributed by atoms with E-state index in [1.807, 2.05) is 12.1 Å². The molecule has 1 heterocycles. The Labute approximate surface area is 155 Å². The van der Waals surface area contributed by atoms with Crippen molar-refractivity contribution in [1.29, 1.82) is 5.41 Å². The first-order chi connectivity index (χ1) is 13.1. The first-order valence-corrected chi connectivity index (χ1v) is 8.10. The van der Waals surface area contributed by atoms with Crippen LogP contribution in [0.3, 0.4) is 0 Å². The van der Waals surface area contributed by atoms with Crippen molar-refractivity contribution in [1.82, 2.24) is 15.1 Å². The van der Waals surface area contributed by atoms with E-state index >= 15 is 0 Å². The summed E-state index contributed by atoms with van der Waals surface area (Å²) in [5.74, 6) is -0.391. The molecule has 1 aromatic heterocycles. The zero-order valence-electron chi connectivity index (χ0n) is 14.6. The molecule has 27 heavy (non-hydrogen) atoms. The molecule has 0 fully saturated rings. The topological polar surface area (TPSA) is 94.1 Å². The maximum Gasteiger partial charge on any atom is 0.327 e. The quantitative estimate of drug-likeness (QED) is 0.456. The molecule has 3 N–H and O–H groups in total. The molecule has 7 nitrogen and oxygen atoms in total. The first-order valence-electron chi connectivity index (χ1n) is 8.10. The van der Waals surface area contributed by atoms with Crippen LogP contribution in [0, 0.1) is 11.2 Å². The summed E-state index contributed by atoms with van der Waals surface area (Å²) in [6, 6.07) is 11.2. The minimum absolute atomic E-state index is 0.0589. The molecule has 0 aliphatic carbocycles. The van der Waals surface area contributed by atoms with Gasteiger partial charge in [-0.15, -0.1) is 0 Å². The maximum absolute atomic E-state index is 13.8. The highest BCUT2D eigenvalue weighted by Crippen LogP contribution is 2.21. The summed E-state index contributed by atoms with van der Waals surface area (Å²) >= 11 is 0. The SMILES string of the molecule is COc1ccc(CN(C=N)C(=O)Nc2ccc(-c3cn[nH]c3)cc2)cc1F. The fourth-order valence-corrected chi connectivity index (χ4v) is 2.53. The number of amides is 2. The lowest BCUT2D eigenvalue weighted by molar-refractivity contribution is 0.233. The molecule has 0 saturated heterocycles. The summed E-state index contributed by atoms with van der Waals surface area (Å²) in [7, 11) is 1.38. The predicted octanol–water partition coefficient (Wildman–Crippen LogP) is 3.87. The molecule has 0 saturated carbocycles. The number of carbonyl (C=O) groups excluding carboxylic acids is 1. The van der Waals surface area contributed by atoms with E-state index in [1.165, 1.54) is 19.2 Å². The van der Waals surface area contributed by atoms with Crippen molar-refractivity contribution in [3.8, 4) is 16.9 Å². The Bertz CT molecular complexity index is 926. The van der Waals surface area contributed by atoms with Crippen LogP contribution in [0.1, 0.15) is 5.56 Å². The second-order valence-corrected chi connectivity index (χ2v) is 5.72. The number of carbonyl (C=O) groups is 1. The smallest absolute Gasteiger partial charge is 0.327 e. The van der Waals surface area contributed by atoms with Crippen LogP contribution in [-0.2, 0) is 6.54 Å². The average molecular weight is 367 g/mol. The number of aromatic amines is 1. The van der Waals surface area contributed by atoms with Crippen LogP contribution in [0.2, 0.25) is 0 Å². The molecule has 0 aliphatic rings. The number of methoxy groups -OCH3 is 1. The lowest BCUT2D eigenvalue weighted by Gasteiger charge is -2.18. The van der Waals surface area contributed by atoms with E-state index in [-0.39, 0.29) is 12.3 Å². The Kier molecular flexibility index (Phi) is 5.46. The summed E-state index contributed by atoms with van der Waals surface area (Å²) in [5.41, 5.74) is 3.03. The highest BCUT2D eigenvalue weighted by atomic mass is 19.1. The van der Waals surface area contributed by atoms with Crippen molar-refractivity contribution in [2.45, 2.75) is 6.54 Å². The highest BCUT2D eigenvalue weighted by Gasteiger charge is 2.13. The monoisotopic (exact) mass is 367 g/mol. The van der Waals surface area contributed by atoms with Crippen LogP contribution in [0.4, 0.5) is 14.9 Å². The van der Waals surface area contributed by atoms with Crippen LogP contribution < -0.4 is 10.1 Å². The lowest BCUT2D eigenvalue weighted by atomic mass is 10.1. The van der Waals surface area contributed by atoms with Gasteiger partial charge in [-0.1, -0.05) is 18.2 Å². The van der Waals surface area contributed by atoms with Gasteiger partial charge in [0.2, 0.25) is 0 Å². The van der Waals surface area contributed by atoms with Gasteiger partial charge in [-0.05, 0) is 35.4 Å². The van der Waals surface area contributed by atoms with E-state index in [0.717, 1.165) is 22.4 Å². The Hall–Kier alpha value is -3.68. The first kappa shape index (κ1) is 18.1. The van der Waals surface area contributed by atoms with E-state index in [1.54, 1.807) is 30.6 Å². The molecule has 0 radical (unpaired) electrons. The van der Waals surface area contributed by atoms with E-state index in [9.17, 15) is 9.18 Å². The highest BCUT2D eigenvalue weighted by molar-refractivity contribution is 5.96. The third kappa shape index (κ3) is 4.30. The summed E-state index contributed by atoms with van der Waals surface area (Å²) in [5, 5.41) is 16.8. The van der Waals surface area contributed by atoms with Crippen molar-refractivity contribution < 1.29 is 13.9 Å². The van der Waals surface area contributed by atoms with Gasteiger partial charge in [0.25, 0.3) is 0 Å². The number of nitrogens with zero attached hydrogens (tertiary/aromatic N) is 2. The molecule has 2 aromatic carbocycles. The third-order valence-corrected chi connectivity index (χ3v) is 3.95. The van der Waals surface area contributed by atoms with Crippen LogP contribution in [0.15, 0.2) is 54.9 Å². The summed E-state index contributed by atoms with van der Waals surface area (Å²) in [4.78, 5) is 13.5. The number of rotatable bonds is 6. The number of nitrogens with one attached hydrogen (secondary N) is 3. The number of urea groups is 1. The van der Waals surface area contributed by atoms with Crippen LogP contribution in [0.25, 0.3) is 11.1 Å². The maximum atomic E-state index is 13.8. The van der Waals surface area contributed by atoms with Crippen LogP contribution in [-0.4, -0.2) is 34.6 Å². The number of hydrogen-bond donors (Lipinski definition) is 3. The molecule has 2 amide bonds. The molecule has 0 unspecified atom stereocenters. The minimum Gasteiger partial charge on any atom is -0.494 e. The van der Waals surface area contributed by atoms with Gasteiger partial charge in [0.05, 0.1) is 26.2 Å². The number of benzene rings is 2. The number of anilines is 1. The molecule has 3 aromatic rings. The van der Waals surface area contributed by atoms with E-state index in [0.29, 0.717) is 11.3 Å². The largest absolute Gasteiger partial charge is 0.494 e. The number of aromatic nitrogens is 2. The number of H-pyrrole nitrogens is 1. The molecule has 0 spiro atoms. The summed E-state index contributed by atoms with van der Waals surface area (Å²) in [6.07, 6.45) is 4.38. The van der Waals surface area contributed by atoms with E-state index < -0.39 is 11.8 Å². The Morgan fingerprint density at radius 3 is 2.67 bits per heavy atom. The number of hydrogen-bond acceptors (Lipinski definition) is 4. The predicted molar refractivity (Wildman–Crippen MR) is 100 cm³/mol. The lowest BCUT2D eigenvalue weighted by Crippen LogP contribution is -2.33. The van der Waals surface area contributed by atoms with Crippen molar-refractivity contribution in [2.24, 2.45) is 0 Å². The standard InChI is InChI=1S/C19H18FN5O2/c1-27-18-7-2-13(8-17(18)20)11-25(12-21)19(26)24-16-5-3-14(4-6-16)15-9-22-23-10-15/h2-10,12,21H,11H2,1H3,(H,22,23)(H,24,26).